The molecule has 2 atom stereocenters. The zero-order valence-electron chi connectivity index (χ0n) is 19.6. The Balaban J connectivity index is 1.41. The van der Waals surface area contributed by atoms with E-state index < -0.39 is 24.0 Å². The van der Waals surface area contributed by atoms with E-state index in [0.717, 1.165) is 32.0 Å². The molecule has 4 rings (SSSR count). The summed E-state index contributed by atoms with van der Waals surface area (Å²) in [6, 6.07) is 18.7. The molecule has 1 aliphatic carbocycles. The summed E-state index contributed by atoms with van der Waals surface area (Å²) in [6.45, 7) is 3.94. The summed E-state index contributed by atoms with van der Waals surface area (Å²) >= 11 is 1.57. The van der Waals surface area contributed by atoms with Crippen molar-refractivity contribution in [1.29, 1.82) is 0 Å². The summed E-state index contributed by atoms with van der Waals surface area (Å²) in [7, 11) is 0. The number of amides is 2. The van der Waals surface area contributed by atoms with Crippen molar-refractivity contribution in [2.24, 2.45) is 0 Å². The first-order chi connectivity index (χ1) is 16.8. The first kappa shape index (κ1) is 24.5. The van der Waals surface area contributed by atoms with E-state index in [2.05, 4.69) is 22.8 Å². The second kappa shape index (κ2) is 10.7. The Morgan fingerprint density at radius 1 is 0.971 bits per heavy atom. The van der Waals surface area contributed by atoms with Crippen LogP contribution < -0.4 is 10.6 Å². The van der Waals surface area contributed by atoms with Crippen LogP contribution >= 0.6 is 11.3 Å². The molecule has 0 radical (unpaired) electrons. The summed E-state index contributed by atoms with van der Waals surface area (Å²) in [5, 5.41) is 14.5. The minimum Gasteiger partial charge on any atom is -0.481 e. The largest absolute Gasteiger partial charge is 0.481 e. The van der Waals surface area contributed by atoms with Gasteiger partial charge in [-0.25, -0.2) is 4.79 Å². The van der Waals surface area contributed by atoms with Crippen molar-refractivity contribution in [2.45, 2.75) is 44.7 Å². The maximum absolute atomic E-state index is 12.9. The van der Waals surface area contributed by atoms with E-state index in [-0.39, 0.29) is 31.4 Å². The van der Waals surface area contributed by atoms with Crippen LogP contribution in [0.25, 0.3) is 11.1 Å². The lowest BCUT2D eigenvalue weighted by Crippen LogP contribution is -2.47. The molecule has 2 amide bonds. The first-order valence-electron chi connectivity index (χ1n) is 11.5. The average Bonchev–Trinajstić information content (AvgIpc) is 3.41. The van der Waals surface area contributed by atoms with E-state index in [1.807, 2.05) is 62.4 Å². The van der Waals surface area contributed by atoms with Gasteiger partial charge in [-0.3, -0.25) is 9.59 Å². The zero-order valence-corrected chi connectivity index (χ0v) is 20.4. The Kier molecular flexibility index (Phi) is 7.51. The number of hydrogen-bond donors (Lipinski definition) is 3. The van der Waals surface area contributed by atoms with Gasteiger partial charge in [-0.1, -0.05) is 48.5 Å². The van der Waals surface area contributed by atoms with Crippen LogP contribution in [0.3, 0.4) is 0 Å². The van der Waals surface area contributed by atoms with Gasteiger partial charge in [0.05, 0.1) is 6.04 Å². The molecule has 7 nitrogen and oxygen atoms in total. The van der Waals surface area contributed by atoms with Gasteiger partial charge in [-0.15, -0.1) is 11.3 Å². The number of carboxylic acids is 1. The minimum absolute atomic E-state index is 0.0401. The van der Waals surface area contributed by atoms with Crippen LogP contribution in [-0.4, -0.2) is 35.7 Å². The van der Waals surface area contributed by atoms with Crippen molar-refractivity contribution in [1.82, 2.24) is 10.6 Å². The molecule has 0 fully saturated rings. The lowest BCUT2D eigenvalue weighted by atomic mass is 9.98. The van der Waals surface area contributed by atoms with Gasteiger partial charge in [0, 0.05) is 22.1 Å². The molecule has 182 valence electrons. The van der Waals surface area contributed by atoms with E-state index in [1.54, 1.807) is 11.3 Å². The third kappa shape index (κ3) is 5.71. The zero-order chi connectivity index (χ0) is 24.9. The predicted molar refractivity (Wildman–Crippen MR) is 134 cm³/mol. The minimum atomic E-state index is -1.04. The van der Waals surface area contributed by atoms with Gasteiger partial charge in [-0.05, 0) is 54.7 Å². The van der Waals surface area contributed by atoms with Gasteiger partial charge < -0.3 is 20.5 Å². The molecule has 8 heteroatoms. The van der Waals surface area contributed by atoms with Crippen molar-refractivity contribution in [2.75, 3.05) is 6.61 Å². The van der Waals surface area contributed by atoms with Crippen LogP contribution in [0.5, 0.6) is 0 Å². The van der Waals surface area contributed by atoms with Crippen LogP contribution in [0, 0.1) is 6.92 Å². The highest BCUT2D eigenvalue weighted by molar-refractivity contribution is 7.12. The van der Waals surface area contributed by atoms with Crippen LogP contribution in [0.4, 0.5) is 4.79 Å². The Bertz CT molecular complexity index is 1190. The van der Waals surface area contributed by atoms with Crippen molar-refractivity contribution in [3.8, 4) is 11.1 Å². The molecule has 3 aromatic rings. The molecule has 1 aromatic heterocycles. The third-order valence-corrected chi connectivity index (χ3v) is 7.33. The first-order valence-corrected chi connectivity index (χ1v) is 12.3. The second-order valence-electron chi connectivity index (χ2n) is 8.63. The standard InChI is InChI=1S/C27H28N2O5S/c1-16-11-13-24(35-16)17(2)28-26(32)23(12-14-25(30)31)29-27(33)34-15-22-20-9-5-3-7-18(20)19-8-4-6-10-21(19)22/h3-11,13,17,22-23H,12,14-15H2,1-2H3,(H,28,32)(H,29,33)(H,30,31). The van der Waals surface area contributed by atoms with Gasteiger partial charge in [0.15, 0.2) is 0 Å². The quantitative estimate of drug-likeness (QED) is 0.390. The number of thiophene rings is 1. The summed E-state index contributed by atoms with van der Waals surface area (Å²) in [5.74, 6) is -1.60. The van der Waals surface area contributed by atoms with Gasteiger partial charge in [0.25, 0.3) is 0 Å². The van der Waals surface area contributed by atoms with Gasteiger partial charge in [0.1, 0.15) is 12.6 Å². The molecule has 0 aliphatic heterocycles. The summed E-state index contributed by atoms with van der Waals surface area (Å²) in [5.41, 5.74) is 4.41. The molecule has 0 saturated heterocycles. The van der Waals surface area contributed by atoms with Crippen LogP contribution in [0.1, 0.15) is 52.6 Å². The smallest absolute Gasteiger partial charge is 0.407 e. The van der Waals surface area contributed by atoms with E-state index in [4.69, 9.17) is 9.84 Å². The highest BCUT2D eigenvalue weighted by Gasteiger charge is 2.30. The molecule has 1 aliphatic rings. The molecule has 1 heterocycles. The highest BCUT2D eigenvalue weighted by atomic mass is 32.1. The van der Waals surface area contributed by atoms with Crippen molar-refractivity contribution >= 4 is 29.3 Å². The Hall–Kier alpha value is -3.65. The number of carbonyl (C=O) groups excluding carboxylic acids is 2. The lowest BCUT2D eigenvalue weighted by molar-refractivity contribution is -0.137. The highest BCUT2D eigenvalue weighted by Crippen LogP contribution is 2.44. The number of hydrogen-bond acceptors (Lipinski definition) is 5. The topological polar surface area (TPSA) is 105 Å². The summed E-state index contributed by atoms with van der Waals surface area (Å²) < 4.78 is 5.54. The molecule has 0 bridgehead atoms. The fraction of sp³-hybridized carbons (Fsp3) is 0.296. The number of rotatable bonds is 9. The number of benzene rings is 2. The average molecular weight is 493 g/mol. The number of carboxylic acid groups (broad SMARTS) is 1. The van der Waals surface area contributed by atoms with Gasteiger partial charge >= 0.3 is 12.1 Å². The van der Waals surface area contributed by atoms with Crippen LogP contribution in [0.2, 0.25) is 0 Å². The maximum Gasteiger partial charge on any atom is 0.407 e. The Labute approximate surface area is 208 Å². The Morgan fingerprint density at radius 3 is 2.17 bits per heavy atom. The van der Waals surface area contributed by atoms with Crippen LogP contribution in [-0.2, 0) is 14.3 Å². The lowest BCUT2D eigenvalue weighted by Gasteiger charge is -2.21. The van der Waals surface area contributed by atoms with E-state index in [9.17, 15) is 14.4 Å². The number of ether oxygens (including phenoxy) is 1. The Morgan fingerprint density at radius 2 is 1.60 bits per heavy atom. The fourth-order valence-corrected chi connectivity index (χ4v) is 5.27. The fourth-order valence-electron chi connectivity index (χ4n) is 4.39. The monoisotopic (exact) mass is 492 g/mol. The summed E-state index contributed by atoms with van der Waals surface area (Å²) in [6.07, 6.45) is -1.05. The molecule has 2 unspecified atom stereocenters. The maximum atomic E-state index is 12.9. The molecule has 3 N–H and O–H groups in total. The normalized spacial score (nSPS) is 13.9. The summed E-state index contributed by atoms with van der Waals surface area (Å²) in [4.78, 5) is 38.8. The molecular formula is C27H28N2O5S. The number of aliphatic carboxylic acids is 1. The second-order valence-corrected chi connectivity index (χ2v) is 9.95. The SMILES string of the molecule is Cc1ccc(C(C)NC(=O)C(CCC(=O)O)NC(=O)OCC2c3ccccc3-c3ccccc32)s1. The number of nitrogens with one attached hydrogen (secondary N) is 2. The van der Waals surface area contributed by atoms with Crippen molar-refractivity contribution < 1.29 is 24.2 Å². The predicted octanol–water partition coefficient (Wildman–Crippen LogP) is 5.01. The molecule has 0 spiro atoms. The third-order valence-electron chi connectivity index (χ3n) is 6.15. The number of carbonyl (C=O) groups is 3. The van der Waals surface area contributed by atoms with Gasteiger partial charge in [0.2, 0.25) is 5.91 Å². The number of fused-ring (bicyclic) bond motifs is 3. The van der Waals surface area contributed by atoms with Gasteiger partial charge in [-0.2, -0.15) is 0 Å². The molecule has 2 aromatic carbocycles. The molecule has 35 heavy (non-hydrogen) atoms. The van der Waals surface area contributed by atoms with E-state index >= 15 is 0 Å². The van der Waals surface area contributed by atoms with Crippen molar-refractivity contribution in [3.05, 3.63) is 81.5 Å². The van der Waals surface area contributed by atoms with E-state index in [0.29, 0.717) is 0 Å². The van der Waals surface area contributed by atoms with Crippen molar-refractivity contribution in [3.63, 3.8) is 0 Å². The molecule has 0 saturated carbocycles. The van der Waals surface area contributed by atoms with E-state index in [1.165, 1.54) is 0 Å². The van der Waals surface area contributed by atoms with Crippen LogP contribution in [0.15, 0.2) is 60.7 Å². The number of aryl methyl sites for hydroxylation is 1. The number of alkyl carbamates (subject to hydrolysis) is 1. The molecular weight excluding hydrogens is 464 g/mol.